The molecule has 0 saturated carbocycles. The Balaban J connectivity index is 2.52. The molecule has 0 saturated heterocycles. The number of hydrogen-bond acceptors (Lipinski definition) is 2. The van der Waals surface area contributed by atoms with Gasteiger partial charge in [-0.2, -0.15) is 5.10 Å². The van der Waals surface area contributed by atoms with Crippen LogP contribution >= 0.6 is 31.9 Å². The van der Waals surface area contributed by atoms with Gasteiger partial charge in [0.05, 0.1) is 21.9 Å². The van der Waals surface area contributed by atoms with Crippen LogP contribution in [0.3, 0.4) is 0 Å². The first kappa shape index (κ1) is 15.6. The van der Waals surface area contributed by atoms with Gasteiger partial charge in [-0.1, -0.05) is 22.9 Å². The minimum absolute atomic E-state index is 0.282. The fourth-order valence-corrected chi connectivity index (χ4v) is 2.90. The van der Waals surface area contributed by atoms with E-state index in [1.807, 2.05) is 6.92 Å². The van der Waals surface area contributed by atoms with Crippen molar-refractivity contribution in [3.63, 3.8) is 0 Å². The molecule has 1 heterocycles. The third kappa shape index (κ3) is 2.94. The van der Waals surface area contributed by atoms with Gasteiger partial charge in [0.1, 0.15) is 17.7 Å². The number of nitrogens with zero attached hydrogens (tertiary/aromatic N) is 2. The summed E-state index contributed by atoms with van der Waals surface area (Å²) in [6, 6.07) is 2.24. The monoisotopic (exact) mass is 408 g/mol. The second-order valence-electron chi connectivity index (χ2n) is 4.29. The molecule has 1 unspecified atom stereocenters. The molecule has 0 fully saturated rings. The highest BCUT2D eigenvalue weighted by Gasteiger charge is 2.25. The van der Waals surface area contributed by atoms with Crippen molar-refractivity contribution in [2.24, 2.45) is 0 Å². The molecule has 0 radical (unpaired) electrons. The van der Waals surface area contributed by atoms with E-state index in [1.54, 1.807) is 0 Å². The molecule has 1 aromatic carbocycles. The summed E-state index contributed by atoms with van der Waals surface area (Å²) >= 11 is 6.26. The van der Waals surface area contributed by atoms with Gasteiger partial charge in [-0.05, 0) is 34.5 Å². The van der Waals surface area contributed by atoms with Crippen LogP contribution in [0, 0.1) is 11.6 Å². The van der Waals surface area contributed by atoms with E-state index in [-0.39, 0.29) is 10.0 Å². The molecule has 0 aliphatic rings. The minimum atomic E-state index is -1.42. The quantitative estimate of drug-likeness (QED) is 0.822. The van der Waals surface area contributed by atoms with Crippen molar-refractivity contribution in [1.82, 2.24) is 9.78 Å². The highest BCUT2D eigenvalue weighted by Crippen LogP contribution is 2.33. The summed E-state index contributed by atoms with van der Waals surface area (Å²) in [5.74, 6) is -1.61. The van der Waals surface area contributed by atoms with Gasteiger partial charge < -0.3 is 5.11 Å². The first-order valence-corrected chi connectivity index (χ1v) is 7.58. The van der Waals surface area contributed by atoms with E-state index < -0.39 is 17.7 Å². The molecule has 108 valence electrons. The van der Waals surface area contributed by atoms with E-state index in [4.69, 9.17) is 0 Å². The van der Waals surface area contributed by atoms with Gasteiger partial charge in [0.25, 0.3) is 0 Å². The lowest BCUT2D eigenvalue weighted by Crippen LogP contribution is -2.13. The zero-order chi connectivity index (χ0) is 14.9. The highest BCUT2D eigenvalue weighted by molar-refractivity contribution is 9.10. The summed E-state index contributed by atoms with van der Waals surface area (Å²) in [5, 5.41) is 14.4. The first-order chi connectivity index (χ1) is 9.45. The smallest absolute Gasteiger partial charge is 0.133 e. The average molecular weight is 410 g/mol. The SMILES string of the molecule is CCCn1ncc(Br)c1C(O)c1c(F)cc(Br)cc1F. The van der Waals surface area contributed by atoms with Gasteiger partial charge in [0.15, 0.2) is 0 Å². The van der Waals surface area contributed by atoms with E-state index in [0.717, 1.165) is 18.6 Å². The van der Waals surface area contributed by atoms with Gasteiger partial charge in [0, 0.05) is 11.0 Å². The maximum absolute atomic E-state index is 13.9. The molecule has 0 amide bonds. The highest BCUT2D eigenvalue weighted by atomic mass is 79.9. The van der Waals surface area contributed by atoms with Gasteiger partial charge in [0.2, 0.25) is 0 Å². The van der Waals surface area contributed by atoms with E-state index in [2.05, 4.69) is 37.0 Å². The molecule has 0 spiro atoms. The summed E-state index contributed by atoms with van der Waals surface area (Å²) < 4.78 is 30.2. The molecular formula is C13H12Br2F2N2O. The maximum atomic E-state index is 13.9. The van der Waals surface area contributed by atoms with Crippen molar-refractivity contribution in [1.29, 1.82) is 0 Å². The van der Waals surface area contributed by atoms with Crippen molar-refractivity contribution >= 4 is 31.9 Å². The summed E-state index contributed by atoms with van der Waals surface area (Å²) in [6.45, 7) is 2.50. The number of aryl methyl sites for hydroxylation is 1. The molecule has 1 N–H and O–H groups in total. The molecule has 0 bridgehead atoms. The van der Waals surface area contributed by atoms with Gasteiger partial charge >= 0.3 is 0 Å². The van der Waals surface area contributed by atoms with Crippen LogP contribution in [-0.2, 0) is 6.54 Å². The van der Waals surface area contributed by atoms with Crippen LogP contribution in [0.1, 0.15) is 30.7 Å². The zero-order valence-electron chi connectivity index (χ0n) is 10.6. The Kier molecular flexibility index (Phi) is 4.93. The predicted molar refractivity (Wildman–Crippen MR) is 78.3 cm³/mol. The second kappa shape index (κ2) is 6.32. The standard InChI is InChI=1S/C13H12Br2F2N2O/c1-2-3-19-12(8(15)6-18-19)13(20)11-9(16)4-7(14)5-10(11)17/h4-6,13,20H,2-3H2,1H3. The number of aromatic nitrogens is 2. The van der Waals surface area contributed by atoms with Crippen LogP contribution in [0.15, 0.2) is 27.3 Å². The number of benzene rings is 1. The minimum Gasteiger partial charge on any atom is -0.382 e. The number of rotatable bonds is 4. The Bertz CT molecular complexity index is 608. The van der Waals surface area contributed by atoms with Gasteiger partial charge in [-0.25, -0.2) is 8.78 Å². The Hall–Kier alpha value is -0.790. The summed E-state index contributed by atoms with van der Waals surface area (Å²) in [4.78, 5) is 0. The normalized spacial score (nSPS) is 12.7. The predicted octanol–water partition coefficient (Wildman–Crippen LogP) is 4.18. The van der Waals surface area contributed by atoms with Crippen LogP contribution in [0.25, 0.3) is 0 Å². The number of hydrogen-bond donors (Lipinski definition) is 1. The fourth-order valence-electron chi connectivity index (χ4n) is 1.99. The van der Waals surface area contributed by atoms with Gasteiger partial charge in [-0.15, -0.1) is 0 Å². The molecule has 2 rings (SSSR count). The van der Waals surface area contributed by atoms with E-state index in [9.17, 15) is 13.9 Å². The molecule has 0 aliphatic carbocycles. The Morgan fingerprint density at radius 2 is 1.90 bits per heavy atom. The number of aliphatic hydroxyl groups excluding tert-OH is 1. The summed E-state index contributed by atoms with van der Waals surface area (Å²) in [6.07, 6.45) is 0.869. The molecule has 3 nitrogen and oxygen atoms in total. The first-order valence-electron chi connectivity index (χ1n) is 5.99. The second-order valence-corrected chi connectivity index (χ2v) is 6.06. The third-order valence-electron chi connectivity index (χ3n) is 2.84. The van der Waals surface area contributed by atoms with E-state index >= 15 is 0 Å². The molecule has 2 aromatic rings. The van der Waals surface area contributed by atoms with Crippen LogP contribution in [-0.4, -0.2) is 14.9 Å². The van der Waals surface area contributed by atoms with Crippen molar-refractivity contribution < 1.29 is 13.9 Å². The Morgan fingerprint density at radius 3 is 2.45 bits per heavy atom. The van der Waals surface area contributed by atoms with E-state index in [0.29, 0.717) is 16.7 Å². The Morgan fingerprint density at radius 1 is 1.30 bits per heavy atom. The zero-order valence-corrected chi connectivity index (χ0v) is 13.7. The lowest BCUT2D eigenvalue weighted by atomic mass is 10.1. The molecule has 20 heavy (non-hydrogen) atoms. The summed E-state index contributed by atoms with van der Waals surface area (Å²) in [7, 11) is 0. The van der Waals surface area contributed by atoms with Gasteiger partial charge in [-0.3, -0.25) is 4.68 Å². The Labute approximate surface area is 131 Å². The molecule has 7 heteroatoms. The van der Waals surface area contributed by atoms with Crippen LogP contribution in [0.2, 0.25) is 0 Å². The molecule has 0 aliphatic heterocycles. The maximum Gasteiger partial charge on any atom is 0.133 e. The lowest BCUT2D eigenvalue weighted by molar-refractivity contribution is 0.196. The summed E-state index contributed by atoms with van der Waals surface area (Å²) in [5.41, 5.74) is -0.0428. The topological polar surface area (TPSA) is 38.0 Å². The lowest BCUT2D eigenvalue weighted by Gasteiger charge is -2.16. The van der Waals surface area contributed by atoms with Crippen molar-refractivity contribution in [2.45, 2.75) is 26.0 Å². The van der Waals surface area contributed by atoms with Crippen molar-refractivity contribution in [3.05, 3.63) is 50.2 Å². The number of aliphatic hydroxyl groups is 1. The average Bonchev–Trinajstić information content (AvgIpc) is 2.69. The molecule has 1 aromatic heterocycles. The fraction of sp³-hybridized carbons (Fsp3) is 0.308. The van der Waals surface area contributed by atoms with Crippen molar-refractivity contribution in [3.8, 4) is 0 Å². The molecular weight excluding hydrogens is 398 g/mol. The molecule has 1 atom stereocenters. The number of halogens is 4. The third-order valence-corrected chi connectivity index (χ3v) is 3.91. The largest absolute Gasteiger partial charge is 0.382 e. The van der Waals surface area contributed by atoms with Crippen LogP contribution in [0.4, 0.5) is 8.78 Å². The van der Waals surface area contributed by atoms with Crippen molar-refractivity contribution in [2.75, 3.05) is 0 Å². The van der Waals surface area contributed by atoms with Crippen LogP contribution < -0.4 is 0 Å². The van der Waals surface area contributed by atoms with Crippen LogP contribution in [0.5, 0.6) is 0 Å². The van der Waals surface area contributed by atoms with E-state index in [1.165, 1.54) is 10.9 Å².